The number of thiazole rings is 1. The first-order chi connectivity index (χ1) is 14.0. The molecule has 0 aliphatic heterocycles. The zero-order valence-corrected chi connectivity index (χ0v) is 16.7. The number of amides is 2. The first-order valence-corrected chi connectivity index (χ1v) is 9.80. The van der Waals surface area contributed by atoms with Gasteiger partial charge in [-0.2, -0.15) is 0 Å². The molecule has 1 heterocycles. The smallest absolute Gasteiger partial charge is 0.267 e. The number of nitrogens with one attached hydrogen (secondary N) is 2. The summed E-state index contributed by atoms with van der Waals surface area (Å²) in [4.78, 5) is 30.0. The van der Waals surface area contributed by atoms with Crippen LogP contribution in [0.15, 0.2) is 61.2 Å². The average Bonchev–Trinajstić information content (AvgIpc) is 3.08. The van der Waals surface area contributed by atoms with Crippen molar-refractivity contribution in [2.24, 2.45) is 0 Å². The van der Waals surface area contributed by atoms with E-state index in [0.29, 0.717) is 34.8 Å². The zero-order chi connectivity index (χ0) is 20.8. The van der Waals surface area contributed by atoms with Crippen LogP contribution in [0.2, 0.25) is 0 Å². The normalized spacial score (nSPS) is 10.4. The van der Waals surface area contributed by atoms with E-state index in [2.05, 4.69) is 22.2 Å². The summed E-state index contributed by atoms with van der Waals surface area (Å²) in [6.45, 7) is 5.68. The Hall–Kier alpha value is -3.32. The average molecular weight is 409 g/mol. The molecule has 0 bridgehead atoms. The van der Waals surface area contributed by atoms with Crippen molar-refractivity contribution in [3.63, 3.8) is 0 Å². The van der Waals surface area contributed by atoms with Crippen LogP contribution in [0.1, 0.15) is 36.3 Å². The maximum Gasteiger partial charge on any atom is 0.267 e. The molecule has 0 radical (unpaired) electrons. The van der Waals surface area contributed by atoms with Gasteiger partial charge < -0.3 is 10.6 Å². The largest absolute Gasteiger partial charge is 0.349 e. The van der Waals surface area contributed by atoms with Gasteiger partial charge in [-0.05, 0) is 36.8 Å². The van der Waals surface area contributed by atoms with Crippen LogP contribution in [0.3, 0.4) is 0 Å². The third-order valence-corrected chi connectivity index (χ3v) is 5.30. The van der Waals surface area contributed by atoms with Crippen LogP contribution >= 0.6 is 11.3 Å². The minimum atomic E-state index is -0.325. The topological polar surface area (TPSA) is 71.1 Å². The molecule has 0 saturated heterocycles. The van der Waals surface area contributed by atoms with Crippen molar-refractivity contribution in [1.82, 2.24) is 10.3 Å². The van der Waals surface area contributed by atoms with E-state index in [1.807, 2.05) is 0 Å². The molecule has 2 aromatic carbocycles. The van der Waals surface area contributed by atoms with Crippen molar-refractivity contribution in [1.29, 1.82) is 0 Å². The minimum absolute atomic E-state index is 0.292. The third kappa shape index (κ3) is 5.14. The number of carbonyl (C=O) groups excluding carboxylic acids is 2. The molecule has 0 atom stereocenters. The molecule has 3 rings (SSSR count). The summed E-state index contributed by atoms with van der Waals surface area (Å²) in [6.07, 6.45) is 2.10. The maximum absolute atomic E-state index is 13.1. The molecule has 1 aromatic heterocycles. The summed E-state index contributed by atoms with van der Waals surface area (Å²) >= 11 is 1.28. The van der Waals surface area contributed by atoms with Crippen molar-refractivity contribution in [2.45, 2.75) is 13.3 Å². The van der Waals surface area contributed by atoms with Gasteiger partial charge in [-0.3, -0.25) is 9.59 Å². The third-order valence-electron chi connectivity index (χ3n) is 4.14. The van der Waals surface area contributed by atoms with Gasteiger partial charge in [0.25, 0.3) is 11.8 Å². The van der Waals surface area contributed by atoms with E-state index in [1.54, 1.807) is 49.4 Å². The standard InChI is InChI=1S/C22H20FN3O2S/c1-3-12-24-21(27)17-6-4-5-7-18(17)26-22(28)20-14(2)25-19(29-20)13-15-8-10-16(23)11-9-15/h3-11H,1,12-13H2,2H3,(H,24,27)(H,26,28). The molecule has 2 amide bonds. The molecule has 0 unspecified atom stereocenters. The first kappa shape index (κ1) is 20.4. The Morgan fingerprint density at radius 3 is 2.59 bits per heavy atom. The lowest BCUT2D eigenvalue weighted by molar-refractivity contribution is 0.0959. The molecular formula is C22H20FN3O2S. The first-order valence-electron chi connectivity index (χ1n) is 8.98. The number of nitrogens with zero attached hydrogens (tertiary/aromatic N) is 1. The highest BCUT2D eigenvalue weighted by Crippen LogP contribution is 2.23. The van der Waals surface area contributed by atoms with Gasteiger partial charge in [0, 0.05) is 13.0 Å². The molecule has 3 aromatic rings. The van der Waals surface area contributed by atoms with Crippen molar-refractivity contribution >= 4 is 28.8 Å². The number of anilines is 1. The van der Waals surface area contributed by atoms with Crippen LogP contribution in [-0.4, -0.2) is 23.3 Å². The summed E-state index contributed by atoms with van der Waals surface area (Å²) < 4.78 is 13.1. The summed E-state index contributed by atoms with van der Waals surface area (Å²) in [5.41, 5.74) is 2.32. The highest BCUT2D eigenvalue weighted by atomic mass is 32.1. The monoisotopic (exact) mass is 409 g/mol. The van der Waals surface area contributed by atoms with Crippen molar-refractivity contribution in [2.75, 3.05) is 11.9 Å². The molecule has 148 valence electrons. The fourth-order valence-corrected chi connectivity index (χ4v) is 3.74. The minimum Gasteiger partial charge on any atom is -0.349 e. The second-order valence-corrected chi connectivity index (χ2v) is 7.41. The summed E-state index contributed by atoms with van der Waals surface area (Å²) in [7, 11) is 0. The number of carbonyl (C=O) groups is 2. The number of benzene rings is 2. The van der Waals surface area contributed by atoms with Crippen LogP contribution < -0.4 is 10.6 Å². The van der Waals surface area contributed by atoms with Gasteiger partial charge in [-0.15, -0.1) is 17.9 Å². The Bertz CT molecular complexity index is 1040. The van der Waals surface area contributed by atoms with Crippen LogP contribution in [0.5, 0.6) is 0 Å². The molecule has 2 N–H and O–H groups in total. The van der Waals surface area contributed by atoms with Crippen molar-refractivity contribution in [3.05, 3.63) is 93.7 Å². The summed E-state index contributed by atoms with van der Waals surface area (Å²) in [5.74, 6) is -0.909. The van der Waals surface area contributed by atoms with Gasteiger partial charge in [0.1, 0.15) is 10.7 Å². The molecular weight excluding hydrogens is 389 g/mol. The van der Waals surface area contributed by atoms with Crippen LogP contribution in [0.25, 0.3) is 0 Å². The van der Waals surface area contributed by atoms with Gasteiger partial charge in [-0.1, -0.05) is 30.3 Å². The van der Waals surface area contributed by atoms with Gasteiger partial charge >= 0.3 is 0 Å². The summed E-state index contributed by atoms with van der Waals surface area (Å²) in [5, 5.41) is 6.27. The number of aryl methyl sites for hydroxylation is 1. The van der Waals surface area contributed by atoms with Gasteiger partial charge in [0.05, 0.1) is 22.0 Å². The Balaban J connectivity index is 1.76. The predicted molar refractivity (Wildman–Crippen MR) is 113 cm³/mol. The zero-order valence-electron chi connectivity index (χ0n) is 15.9. The van der Waals surface area contributed by atoms with Gasteiger partial charge in [0.15, 0.2) is 0 Å². The van der Waals surface area contributed by atoms with Gasteiger partial charge in [0.2, 0.25) is 0 Å². The van der Waals surface area contributed by atoms with Crippen molar-refractivity contribution < 1.29 is 14.0 Å². The molecule has 0 aliphatic carbocycles. The van der Waals surface area contributed by atoms with E-state index < -0.39 is 0 Å². The Kier molecular flexibility index (Phi) is 6.51. The number of halogens is 1. The molecule has 29 heavy (non-hydrogen) atoms. The molecule has 0 fully saturated rings. The highest BCUT2D eigenvalue weighted by Gasteiger charge is 2.18. The van der Waals surface area contributed by atoms with E-state index in [4.69, 9.17) is 0 Å². The molecule has 0 aliphatic rings. The Labute approximate surface area is 172 Å². The van der Waals surface area contributed by atoms with Crippen molar-refractivity contribution in [3.8, 4) is 0 Å². The van der Waals surface area contributed by atoms with Crippen LogP contribution in [0.4, 0.5) is 10.1 Å². The molecule has 0 spiro atoms. The SMILES string of the molecule is C=CCNC(=O)c1ccccc1NC(=O)c1sc(Cc2ccc(F)cc2)nc1C. The van der Waals surface area contributed by atoms with E-state index in [0.717, 1.165) is 10.6 Å². The molecule has 7 heteroatoms. The van der Waals surface area contributed by atoms with E-state index in [9.17, 15) is 14.0 Å². The number of hydrogen-bond donors (Lipinski definition) is 2. The van der Waals surface area contributed by atoms with E-state index in [1.165, 1.54) is 23.5 Å². The van der Waals surface area contributed by atoms with E-state index in [-0.39, 0.29) is 17.6 Å². The quantitative estimate of drug-likeness (QED) is 0.570. The lowest BCUT2D eigenvalue weighted by Crippen LogP contribution is -2.25. The van der Waals surface area contributed by atoms with Gasteiger partial charge in [-0.25, -0.2) is 9.37 Å². The lowest BCUT2D eigenvalue weighted by atomic mass is 10.1. The molecule has 5 nitrogen and oxygen atoms in total. The fraction of sp³-hybridized carbons (Fsp3) is 0.136. The second kappa shape index (κ2) is 9.25. The number of rotatable bonds is 7. The highest BCUT2D eigenvalue weighted by molar-refractivity contribution is 7.14. The second-order valence-electron chi connectivity index (χ2n) is 6.32. The maximum atomic E-state index is 13.1. The van der Waals surface area contributed by atoms with Crippen LogP contribution in [0, 0.1) is 12.7 Å². The number of aromatic nitrogens is 1. The lowest BCUT2D eigenvalue weighted by Gasteiger charge is -2.10. The fourth-order valence-electron chi connectivity index (χ4n) is 2.74. The molecule has 0 saturated carbocycles. The Morgan fingerprint density at radius 1 is 1.14 bits per heavy atom. The number of para-hydroxylation sites is 1. The van der Waals surface area contributed by atoms with Crippen LogP contribution in [-0.2, 0) is 6.42 Å². The number of hydrogen-bond acceptors (Lipinski definition) is 4. The Morgan fingerprint density at radius 2 is 1.86 bits per heavy atom. The predicted octanol–water partition coefficient (Wildman–Crippen LogP) is 4.35. The summed E-state index contributed by atoms with van der Waals surface area (Å²) in [6, 6.07) is 13.0. The van der Waals surface area contributed by atoms with E-state index >= 15 is 0 Å².